The number of carbonyl (C=O) groups is 1. The molecule has 1 aliphatic rings. The summed E-state index contributed by atoms with van der Waals surface area (Å²) in [6, 6.07) is 19.3. The fourth-order valence-corrected chi connectivity index (χ4v) is 3.35. The molecule has 1 aliphatic heterocycles. The van der Waals surface area contributed by atoms with Gasteiger partial charge in [-0.3, -0.25) is 4.79 Å². The molecular weight excluding hydrogens is 326 g/mol. The lowest BCUT2D eigenvalue weighted by Gasteiger charge is -2.30. The van der Waals surface area contributed by atoms with Crippen LogP contribution in [0.3, 0.4) is 0 Å². The monoisotopic (exact) mass is 347 g/mol. The second kappa shape index (κ2) is 7.06. The average Bonchev–Trinajstić information content (AvgIpc) is 2.68. The van der Waals surface area contributed by atoms with E-state index in [-0.39, 0.29) is 5.91 Å². The van der Waals surface area contributed by atoms with Crippen LogP contribution in [-0.4, -0.2) is 32.2 Å². The van der Waals surface area contributed by atoms with Crippen molar-refractivity contribution in [3.63, 3.8) is 0 Å². The number of benzene rings is 3. The summed E-state index contributed by atoms with van der Waals surface area (Å²) in [5.41, 5.74) is 8.93. The van der Waals surface area contributed by atoms with E-state index in [1.165, 1.54) is 0 Å². The van der Waals surface area contributed by atoms with Crippen molar-refractivity contribution in [2.45, 2.75) is 0 Å². The maximum Gasteiger partial charge on any atom is 0.256 e. The maximum atomic E-state index is 13.0. The number of rotatable bonds is 3. The molecule has 0 radical (unpaired) electrons. The number of nitrogen functional groups attached to an aromatic ring is 1. The second-order valence-electron chi connectivity index (χ2n) is 6.36. The lowest BCUT2D eigenvalue weighted by molar-refractivity contribution is 0.102. The number of fused-ring (bicyclic) bond motifs is 1. The SMILES string of the molecule is Nc1ccc(N2CCOCC2)c(NC(=O)c2cccc3ccccc23)c1. The number of morpholine rings is 1. The van der Waals surface area contributed by atoms with E-state index in [2.05, 4.69) is 10.2 Å². The third-order valence-electron chi connectivity index (χ3n) is 4.65. The highest BCUT2D eigenvalue weighted by atomic mass is 16.5. The highest BCUT2D eigenvalue weighted by Gasteiger charge is 2.18. The van der Waals surface area contributed by atoms with E-state index < -0.39 is 0 Å². The van der Waals surface area contributed by atoms with Gasteiger partial charge in [0.15, 0.2) is 0 Å². The van der Waals surface area contributed by atoms with E-state index in [0.29, 0.717) is 24.5 Å². The van der Waals surface area contributed by atoms with Crippen LogP contribution in [0.5, 0.6) is 0 Å². The van der Waals surface area contributed by atoms with E-state index in [4.69, 9.17) is 10.5 Å². The van der Waals surface area contributed by atoms with E-state index in [9.17, 15) is 4.79 Å². The molecule has 0 aromatic heterocycles. The predicted octanol–water partition coefficient (Wildman–Crippen LogP) is 3.51. The Morgan fingerprint density at radius 2 is 1.77 bits per heavy atom. The van der Waals surface area contributed by atoms with E-state index in [1.807, 2.05) is 60.7 Å². The van der Waals surface area contributed by atoms with Gasteiger partial charge < -0.3 is 20.7 Å². The second-order valence-corrected chi connectivity index (χ2v) is 6.36. The van der Waals surface area contributed by atoms with Crippen molar-refractivity contribution in [2.75, 3.05) is 42.3 Å². The molecule has 5 heteroatoms. The summed E-state index contributed by atoms with van der Waals surface area (Å²) in [6.45, 7) is 2.95. The van der Waals surface area contributed by atoms with Crippen molar-refractivity contribution in [1.82, 2.24) is 0 Å². The fourth-order valence-electron chi connectivity index (χ4n) is 3.35. The van der Waals surface area contributed by atoms with Crippen molar-refractivity contribution in [3.05, 3.63) is 66.2 Å². The van der Waals surface area contributed by atoms with Crippen LogP contribution in [0.1, 0.15) is 10.4 Å². The Morgan fingerprint density at radius 3 is 2.62 bits per heavy atom. The molecule has 0 bridgehead atoms. The zero-order valence-electron chi connectivity index (χ0n) is 14.4. The predicted molar refractivity (Wildman–Crippen MR) is 106 cm³/mol. The Hall–Kier alpha value is -3.05. The summed E-state index contributed by atoms with van der Waals surface area (Å²) in [6.07, 6.45) is 0. The van der Waals surface area contributed by atoms with Gasteiger partial charge in [-0.25, -0.2) is 0 Å². The van der Waals surface area contributed by atoms with Gasteiger partial charge in [0.05, 0.1) is 24.6 Å². The summed E-state index contributed by atoms with van der Waals surface area (Å²) in [5, 5.41) is 5.03. The minimum atomic E-state index is -0.137. The van der Waals surface area contributed by atoms with Crippen molar-refractivity contribution in [2.24, 2.45) is 0 Å². The molecule has 3 N–H and O–H groups in total. The van der Waals surface area contributed by atoms with Crippen LogP contribution in [0, 0.1) is 0 Å². The van der Waals surface area contributed by atoms with Crippen LogP contribution < -0.4 is 16.0 Å². The van der Waals surface area contributed by atoms with Gasteiger partial charge in [-0.2, -0.15) is 0 Å². The molecule has 1 heterocycles. The molecule has 132 valence electrons. The third-order valence-corrected chi connectivity index (χ3v) is 4.65. The van der Waals surface area contributed by atoms with Crippen LogP contribution in [0.15, 0.2) is 60.7 Å². The molecule has 0 atom stereocenters. The van der Waals surface area contributed by atoms with Gasteiger partial charge in [-0.1, -0.05) is 36.4 Å². The summed E-state index contributed by atoms with van der Waals surface area (Å²) < 4.78 is 5.43. The van der Waals surface area contributed by atoms with Crippen molar-refractivity contribution in [1.29, 1.82) is 0 Å². The van der Waals surface area contributed by atoms with Crippen molar-refractivity contribution >= 4 is 33.7 Å². The zero-order chi connectivity index (χ0) is 17.9. The molecule has 0 saturated carbocycles. The summed E-state index contributed by atoms with van der Waals surface area (Å²) in [5.74, 6) is -0.137. The average molecular weight is 347 g/mol. The fraction of sp³-hybridized carbons (Fsp3) is 0.190. The molecule has 0 aliphatic carbocycles. The van der Waals surface area contributed by atoms with Crippen LogP contribution in [0.4, 0.5) is 17.1 Å². The molecule has 26 heavy (non-hydrogen) atoms. The smallest absolute Gasteiger partial charge is 0.256 e. The largest absolute Gasteiger partial charge is 0.399 e. The summed E-state index contributed by atoms with van der Waals surface area (Å²) in [7, 11) is 0. The van der Waals surface area contributed by atoms with E-state index in [1.54, 1.807) is 0 Å². The van der Waals surface area contributed by atoms with Crippen molar-refractivity contribution in [3.8, 4) is 0 Å². The van der Waals surface area contributed by atoms with Gasteiger partial charge in [-0.15, -0.1) is 0 Å². The molecule has 4 rings (SSSR count). The lowest BCUT2D eigenvalue weighted by Crippen LogP contribution is -2.36. The van der Waals surface area contributed by atoms with Gasteiger partial charge in [-0.05, 0) is 35.0 Å². The highest BCUT2D eigenvalue weighted by molar-refractivity contribution is 6.13. The first kappa shape index (κ1) is 16.4. The van der Waals surface area contributed by atoms with Gasteiger partial charge in [0.2, 0.25) is 0 Å². The molecule has 0 unspecified atom stereocenters. The van der Waals surface area contributed by atoms with Crippen molar-refractivity contribution < 1.29 is 9.53 Å². The number of amides is 1. The van der Waals surface area contributed by atoms with Crippen LogP contribution in [-0.2, 0) is 4.74 Å². The molecule has 3 aromatic carbocycles. The maximum absolute atomic E-state index is 13.0. The quantitative estimate of drug-likeness (QED) is 0.712. The number of anilines is 3. The summed E-state index contributed by atoms with van der Waals surface area (Å²) in [4.78, 5) is 15.2. The molecule has 1 amide bonds. The Kier molecular flexibility index (Phi) is 4.46. The minimum Gasteiger partial charge on any atom is -0.399 e. The third kappa shape index (κ3) is 3.21. The van der Waals surface area contributed by atoms with Gasteiger partial charge in [0, 0.05) is 24.3 Å². The topological polar surface area (TPSA) is 67.6 Å². The minimum absolute atomic E-state index is 0.137. The Balaban J connectivity index is 1.68. The number of ether oxygens (including phenoxy) is 1. The zero-order valence-corrected chi connectivity index (χ0v) is 14.4. The highest BCUT2D eigenvalue weighted by Crippen LogP contribution is 2.30. The normalized spacial score (nSPS) is 14.4. The number of carbonyl (C=O) groups excluding carboxylic acids is 1. The van der Waals surface area contributed by atoms with Crippen LogP contribution in [0.25, 0.3) is 10.8 Å². The number of nitrogens with two attached hydrogens (primary N) is 1. The Morgan fingerprint density at radius 1 is 1.00 bits per heavy atom. The Labute approximate surface area is 152 Å². The van der Waals surface area contributed by atoms with Gasteiger partial charge >= 0.3 is 0 Å². The number of hydrogen-bond donors (Lipinski definition) is 2. The molecule has 5 nitrogen and oxygen atoms in total. The number of nitrogens with one attached hydrogen (secondary N) is 1. The first-order chi connectivity index (χ1) is 12.7. The molecular formula is C21H21N3O2. The van der Waals surface area contributed by atoms with Gasteiger partial charge in [0.25, 0.3) is 5.91 Å². The van der Waals surface area contributed by atoms with E-state index >= 15 is 0 Å². The van der Waals surface area contributed by atoms with Crippen LogP contribution in [0.2, 0.25) is 0 Å². The molecule has 1 fully saturated rings. The summed E-state index contributed by atoms with van der Waals surface area (Å²) >= 11 is 0. The van der Waals surface area contributed by atoms with Crippen LogP contribution >= 0.6 is 0 Å². The Bertz CT molecular complexity index is 944. The first-order valence-corrected chi connectivity index (χ1v) is 8.74. The lowest BCUT2D eigenvalue weighted by atomic mass is 10.0. The number of hydrogen-bond acceptors (Lipinski definition) is 4. The van der Waals surface area contributed by atoms with E-state index in [0.717, 1.165) is 35.2 Å². The standard InChI is InChI=1S/C21H21N3O2/c22-16-8-9-20(24-10-12-26-13-11-24)19(14-16)23-21(25)18-7-3-5-15-4-1-2-6-17(15)18/h1-9,14H,10-13,22H2,(H,23,25). The molecule has 1 saturated heterocycles. The molecule has 0 spiro atoms. The number of nitrogens with zero attached hydrogens (tertiary/aromatic N) is 1. The first-order valence-electron chi connectivity index (χ1n) is 8.74. The molecule has 3 aromatic rings. The van der Waals surface area contributed by atoms with Gasteiger partial charge in [0.1, 0.15) is 0 Å².